The van der Waals surface area contributed by atoms with Gasteiger partial charge in [0, 0.05) is 12.5 Å². The van der Waals surface area contributed by atoms with E-state index in [1.54, 1.807) is 22.8 Å². The van der Waals surface area contributed by atoms with Gasteiger partial charge in [0.25, 0.3) is 5.91 Å². The van der Waals surface area contributed by atoms with Crippen LogP contribution in [0.5, 0.6) is 0 Å². The maximum atomic E-state index is 12.4. The molecule has 0 spiro atoms. The molecule has 1 atom stereocenters. The SMILES string of the molecule is NC(=O)c1ccsc1NC(=O)CN1CCC[C@H](c2nc3ccccc3s2)C1. The van der Waals surface area contributed by atoms with Crippen molar-refractivity contribution < 1.29 is 9.59 Å². The molecule has 3 aromatic rings. The number of primary amides is 1. The van der Waals surface area contributed by atoms with E-state index < -0.39 is 5.91 Å². The van der Waals surface area contributed by atoms with Crippen molar-refractivity contribution in [2.45, 2.75) is 18.8 Å². The van der Waals surface area contributed by atoms with Crippen molar-refractivity contribution in [2.24, 2.45) is 5.73 Å². The van der Waals surface area contributed by atoms with Gasteiger partial charge in [-0.1, -0.05) is 12.1 Å². The predicted molar refractivity (Wildman–Crippen MR) is 110 cm³/mol. The van der Waals surface area contributed by atoms with E-state index in [1.807, 2.05) is 18.2 Å². The van der Waals surface area contributed by atoms with Gasteiger partial charge in [0.1, 0.15) is 5.00 Å². The summed E-state index contributed by atoms with van der Waals surface area (Å²) in [4.78, 5) is 30.8. The van der Waals surface area contributed by atoms with E-state index in [1.165, 1.54) is 16.0 Å². The first kappa shape index (κ1) is 18.1. The fraction of sp³-hybridized carbons (Fsp3) is 0.316. The van der Waals surface area contributed by atoms with Crippen LogP contribution in [0.3, 0.4) is 0 Å². The van der Waals surface area contributed by atoms with E-state index in [4.69, 9.17) is 10.7 Å². The molecule has 2 amide bonds. The zero-order valence-corrected chi connectivity index (χ0v) is 16.3. The summed E-state index contributed by atoms with van der Waals surface area (Å²) < 4.78 is 1.21. The van der Waals surface area contributed by atoms with Gasteiger partial charge < -0.3 is 11.1 Å². The number of anilines is 1. The number of hydrogen-bond acceptors (Lipinski definition) is 6. The van der Waals surface area contributed by atoms with Gasteiger partial charge in [0.2, 0.25) is 5.91 Å². The first-order valence-corrected chi connectivity index (χ1v) is 10.5. The molecule has 1 aliphatic heterocycles. The summed E-state index contributed by atoms with van der Waals surface area (Å²) in [5.41, 5.74) is 6.74. The van der Waals surface area contributed by atoms with Crippen LogP contribution in [0, 0.1) is 0 Å². The van der Waals surface area contributed by atoms with Crippen LogP contribution in [0.2, 0.25) is 0 Å². The van der Waals surface area contributed by atoms with Crippen molar-refractivity contribution >= 4 is 49.7 Å². The highest BCUT2D eigenvalue weighted by Gasteiger charge is 2.25. The predicted octanol–water partition coefficient (Wildman–Crippen LogP) is 3.27. The Bertz CT molecular complexity index is 948. The molecular formula is C19H20N4O2S2. The minimum Gasteiger partial charge on any atom is -0.366 e. The summed E-state index contributed by atoms with van der Waals surface area (Å²) in [5, 5.41) is 6.24. The molecule has 27 heavy (non-hydrogen) atoms. The number of nitrogens with two attached hydrogens (primary N) is 1. The average Bonchev–Trinajstić information content (AvgIpc) is 3.28. The third-order valence-corrected chi connectivity index (χ3v) is 6.74. The summed E-state index contributed by atoms with van der Waals surface area (Å²) >= 11 is 3.05. The Morgan fingerprint density at radius 1 is 1.30 bits per heavy atom. The number of carbonyl (C=O) groups is 2. The number of thiophene rings is 1. The molecule has 1 fully saturated rings. The molecule has 0 saturated carbocycles. The van der Waals surface area contributed by atoms with Crippen molar-refractivity contribution in [3.05, 3.63) is 46.3 Å². The van der Waals surface area contributed by atoms with Crippen molar-refractivity contribution in [3.63, 3.8) is 0 Å². The number of rotatable bonds is 5. The maximum absolute atomic E-state index is 12.4. The number of piperidine rings is 1. The minimum absolute atomic E-state index is 0.120. The third-order valence-electron chi connectivity index (χ3n) is 4.72. The Labute approximate surface area is 165 Å². The van der Waals surface area contributed by atoms with E-state index >= 15 is 0 Å². The second kappa shape index (κ2) is 7.75. The van der Waals surface area contributed by atoms with E-state index in [-0.39, 0.29) is 5.91 Å². The normalized spacial score (nSPS) is 17.9. The number of aromatic nitrogens is 1. The summed E-state index contributed by atoms with van der Waals surface area (Å²) in [6.45, 7) is 2.01. The number of benzene rings is 1. The van der Waals surface area contributed by atoms with Crippen molar-refractivity contribution in [3.8, 4) is 0 Å². The Balaban J connectivity index is 1.40. The number of nitrogens with zero attached hydrogens (tertiary/aromatic N) is 2. The van der Waals surface area contributed by atoms with Crippen molar-refractivity contribution in [1.29, 1.82) is 0 Å². The van der Waals surface area contributed by atoms with Gasteiger partial charge in [-0.2, -0.15) is 0 Å². The zero-order chi connectivity index (χ0) is 18.8. The van der Waals surface area contributed by atoms with E-state index in [9.17, 15) is 9.59 Å². The number of fused-ring (bicyclic) bond motifs is 1. The fourth-order valence-electron chi connectivity index (χ4n) is 3.43. The van der Waals surface area contributed by atoms with Crippen LogP contribution in [0.15, 0.2) is 35.7 Å². The average molecular weight is 401 g/mol. The number of amides is 2. The largest absolute Gasteiger partial charge is 0.366 e. The molecule has 1 aliphatic rings. The molecule has 0 unspecified atom stereocenters. The monoisotopic (exact) mass is 400 g/mol. The molecule has 0 radical (unpaired) electrons. The zero-order valence-electron chi connectivity index (χ0n) is 14.7. The van der Waals surface area contributed by atoms with E-state index in [2.05, 4.69) is 16.3 Å². The maximum Gasteiger partial charge on any atom is 0.251 e. The molecular weight excluding hydrogens is 380 g/mol. The van der Waals surface area contributed by atoms with Gasteiger partial charge >= 0.3 is 0 Å². The molecule has 3 heterocycles. The lowest BCUT2D eigenvalue weighted by molar-refractivity contribution is -0.117. The lowest BCUT2D eigenvalue weighted by Gasteiger charge is -2.31. The quantitative estimate of drug-likeness (QED) is 0.688. The van der Waals surface area contributed by atoms with Crippen LogP contribution >= 0.6 is 22.7 Å². The topological polar surface area (TPSA) is 88.3 Å². The molecule has 0 bridgehead atoms. The lowest BCUT2D eigenvalue weighted by Crippen LogP contribution is -2.39. The van der Waals surface area contributed by atoms with Gasteiger partial charge in [0.05, 0.1) is 27.3 Å². The Hall–Kier alpha value is -2.29. The summed E-state index contributed by atoms with van der Waals surface area (Å²) in [5.74, 6) is -0.294. The van der Waals surface area contributed by atoms with Crippen LogP contribution in [0.4, 0.5) is 5.00 Å². The van der Waals surface area contributed by atoms with Gasteiger partial charge in [0.15, 0.2) is 0 Å². The minimum atomic E-state index is -0.527. The molecule has 6 nitrogen and oxygen atoms in total. The van der Waals surface area contributed by atoms with Crippen LogP contribution in [-0.2, 0) is 4.79 Å². The fourth-order valence-corrected chi connectivity index (χ4v) is 5.34. The van der Waals surface area contributed by atoms with Crippen LogP contribution in [0.25, 0.3) is 10.2 Å². The van der Waals surface area contributed by atoms with Crippen molar-refractivity contribution in [1.82, 2.24) is 9.88 Å². The molecule has 1 aromatic carbocycles. The van der Waals surface area contributed by atoms with Crippen LogP contribution < -0.4 is 11.1 Å². The van der Waals surface area contributed by atoms with E-state index in [0.29, 0.717) is 23.0 Å². The Morgan fingerprint density at radius 2 is 2.15 bits per heavy atom. The third kappa shape index (κ3) is 4.02. The highest BCUT2D eigenvalue weighted by Crippen LogP contribution is 2.33. The first-order valence-electron chi connectivity index (χ1n) is 8.85. The first-order chi connectivity index (χ1) is 13.1. The van der Waals surface area contributed by atoms with Gasteiger partial charge in [-0.25, -0.2) is 4.98 Å². The summed E-state index contributed by atoms with van der Waals surface area (Å²) in [6.07, 6.45) is 2.13. The standard InChI is InChI=1S/C19H20N4O2S2/c20-17(25)13-7-9-26-19(13)22-16(24)11-23-8-3-4-12(10-23)18-21-14-5-1-2-6-15(14)27-18/h1-2,5-7,9,12H,3-4,8,10-11H2,(H2,20,25)(H,22,24)/t12-/m0/s1. The van der Waals surface area contributed by atoms with Gasteiger partial charge in [-0.15, -0.1) is 22.7 Å². The summed E-state index contributed by atoms with van der Waals surface area (Å²) in [7, 11) is 0. The second-order valence-electron chi connectivity index (χ2n) is 6.67. The van der Waals surface area contributed by atoms with Crippen LogP contribution in [-0.4, -0.2) is 41.3 Å². The highest BCUT2D eigenvalue weighted by molar-refractivity contribution is 7.18. The van der Waals surface area contributed by atoms with Crippen LogP contribution in [0.1, 0.15) is 34.1 Å². The highest BCUT2D eigenvalue weighted by atomic mass is 32.1. The Morgan fingerprint density at radius 3 is 2.96 bits per heavy atom. The number of hydrogen-bond donors (Lipinski definition) is 2. The summed E-state index contributed by atoms with van der Waals surface area (Å²) in [6, 6.07) is 9.82. The molecule has 8 heteroatoms. The molecule has 2 aromatic heterocycles. The molecule has 140 valence electrons. The van der Waals surface area contributed by atoms with Gasteiger partial charge in [-0.05, 0) is 43.0 Å². The van der Waals surface area contributed by atoms with Crippen molar-refractivity contribution in [2.75, 3.05) is 25.0 Å². The Kier molecular flexibility index (Phi) is 5.20. The van der Waals surface area contributed by atoms with Gasteiger partial charge in [-0.3, -0.25) is 14.5 Å². The molecule has 0 aliphatic carbocycles. The number of thiazole rings is 1. The number of nitrogens with one attached hydrogen (secondary N) is 1. The smallest absolute Gasteiger partial charge is 0.251 e. The van der Waals surface area contributed by atoms with E-state index in [0.717, 1.165) is 36.5 Å². The second-order valence-corrected chi connectivity index (χ2v) is 8.65. The lowest BCUT2D eigenvalue weighted by atomic mass is 9.99. The number of para-hydroxylation sites is 1. The molecule has 3 N–H and O–H groups in total. The molecule has 1 saturated heterocycles. The number of carbonyl (C=O) groups excluding carboxylic acids is 2. The number of likely N-dealkylation sites (tertiary alicyclic amines) is 1. The molecule has 4 rings (SSSR count).